The molecule has 0 radical (unpaired) electrons. The molecule has 0 aliphatic heterocycles. The van der Waals surface area contributed by atoms with Crippen LogP contribution in [-0.2, 0) is 4.79 Å². The molecule has 3 aromatic rings. The van der Waals surface area contributed by atoms with Gasteiger partial charge in [0.15, 0.2) is 11.9 Å². The van der Waals surface area contributed by atoms with Gasteiger partial charge in [0, 0.05) is 0 Å². The molecule has 0 spiro atoms. The predicted molar refractivity (Wildman–Crippen MR) is 87.4 cm³/mol. The SMILES string of the molecule is Cc1cc(C)c2oc(-c3ccco3)c(O[C@@H](C)C(=O)O)c(=O)c2c1. The van der Waals surface area contributed by atoms with Crippen molar-refractivity contribution in [3.05, 3.63) is 51.9 Å². The molecule has 0 saturated carbocycles. The maximum absolute atomic E-state index is 12.9. The van der Waals surface area contributed by atoms with Crippen LogP contribution in [0.4, 0.5) is 0 Å². The number of carboxylic acid groups (broad SMARTS) is 1. The average Bonchev–Trinajstić information content (AvgIpc) is 3.04. The molecule has 0 fully saturated rings. The number of aryl methyl sites for hydroxylation is 2. The minimum atomic E-state index is -1.20. The maximum atomic E-state index is 12.9. The number of fused-ring (bicyclic) bond motifs is 1. The van der Waals surface area contributed by atoms with Crippen LogP contribution < -0.4 is 10.2 Å². The Labute approximate surface area is 137 Å². The Morgan fingerprint density at radius 1 is 1.29 bits per heavy atom. The quantitative estimate of drug-likeness (QED) is 0.788. The molecule has 6 heteroatoms. The van der Waals surface area contributed by atoms with Gasteiger partial charge < -0.3 is 18.7 Å². The van der Waals surface area contributed by atoms with Gasteiger partial charge in [-0.3, -0.25) is 4.79 Å². The van der Waals surface area contributed by atoms with Crippen LogP contribution in [0.5, 0.6) is 5.75 Å². The van der Waals surface area contributed by atoms with E-state index in [0.717, 1.165) is 11.1 Å². The predicted octanol–water partition coefficient (Wildman–Crippen LogP) is 3.52. The van der Waals surface area contributed by atoms with Crippen LogP contribution in [0, 0.1) is 13.8 Å². The molecule has 0 aliphatic rings. The van der Waals surface area contributed by atoms with Crippen molar-refractivity contribution < 1.29 is 23.5 Å². The van der Waals surface area contributed by atoms with Crippen LogP contribution in [-0.4, -0.2) is 17.2 Å². The summed E-state index contributed by atoms with van der Waals surface area (Å²) in [5, 5.41) is 9.42. The van der Waals surface area contributed by atoms with Crippen molar-refractivity contribution in [3.63, 3.8) is 0 Å². The second-order valence-electron chi connectivity index (χ2n) is 5.62. The van der Waals surface area contributed by atoms with Crippen molar-refractivity contribution >= 4 is 16.9 Å². The standard InChI is InChI=1S/C18H16O6/c1-9-7-10(2)15-12(8-9)14(19)17(23-11(3)18(20)21)16(24-15)13-5-4-6-22-13/h4-8,11H,1-3H3,(H,20,21)/t11-/m0/s1. The summed E-state index contributed by atoms with van der Waals surface area (Å²) in [4.78, 5) is 24.0. The average molecular weight is 328 g/mol. The smallest absolute Gasteiger partial charge is 0.344 e. The third-order valence-electron chi connectivity index (χ3n) is 3.67. The second kappa shape index (κ2) is 5.88. The first-order valence-electron chi connectivity index (χ1n) is 7.40. The number of furan rings is 1. The molecule has 0 bridgehead atoms. The molecule has 0 unspecified atom stereocenters. The number of rotatable bonds is 4. The van der Waals surface area contributed by atoms with Gasteiger partial charge in [-0.2, -0.15) is 0 Å². The third kappa shape index (κ3) is 2.67. The van der Waals surface area contributed by atoms with E-state index in [4.69, 9.17) is 18.7 Å². The zero-order chi connectivity index (χ0) is 17.4. The summed E-state index contributed by atoms with van der Waals surface area (Å²) >= 11 is 0. The van der Waals surface area contributed by atoms with Gasteiger partial charge in [0.05, 0.1) is 11.6 Å². The summed E-state index contributed by atoms with van der Waals surface area (Å²) in [6.07, 6.45) is 0.233. The molecule has 2 heterocycles. The van der Waals surface area contributed by atoms with E-state index in [1.54, 1.807) is 18.2 Å². The van der Waals surface area contributed by atoms with Gasteiger partial charge in [-0.1, -0.05) is 6.07 Å². The van der Waals surface area contributed by atoms with Crippen molar-refractivity contribution in [1.82, 2.24) is 0 Å². The van der Waals surface area contributed by atoms with Gasteiger partial charge in [0.1, 0.15) is 5.58 Å². The Hall–Kier alpha value is -3.02. The highest BCUT2D eigenvalue weighted by Crippen LogP contribution is 2.33. The lowest BCUT2D eigenvalue weighted by Crippen LogP contribution is -2.26. The zero-order valence-electron chi connectivity index (χ0n) is 13.5. The van der Waals surface area contributed by atoms with Crippen molar-refractivity contribution in [2.24, 2.45) is 0 Å². The van der Waals surface area contributed by atoms with E-state index in [2.05, 4.69) is 0 Å². The molecule has 0 amide bonds. The zero-order valence-corrected chi connectivity index (χ0v) is 13.5. The number of hydrogen-bond acceptors (Lipinski definition) is 5. The number of ether oxygens (including phenoxy) is 1. The highest BCUT2D eigenvalue weighted by molar-refractivity contribution is 5.84. The van der Waals surface area contributed by atoms with Crippen LogP contribution in [0.15, 0.2) is 44.2 Å². The van der Waals surface area contributed by atoms with Crippen LogP contribution in [0.3, 0.4) is 0 Å². The van der Waals surface area contributed by atoms with Crippen molar-refractivity contribution in [2.45, 2.75) is 26.9 Å². The monoisotopic (exact) mass is 328 g/mol. The Balaban J connectivity index is 2.34. The van der Waals surface area contributed by atoms with E-state index in [-0.39, 0.29) is 11.5 Å². The topological polar surface area (TPSA) is 89.9 Å². The highest BCUT2D eigenvalue weighted by Gasteiger charge is 2.24. The fourth-order valence-corrected chi connectivity index (χ4v) is 2.54. The minimum absolute atomic E-state index is 0.0811. The third-order valence-corrected chi connectivity index (χ3v) is 3.67. The van der Waals surface area contributed by atoms with Gasteiger partial charge in [-0.25, -0.2) is 4.79 Å². The Morgan fingerprint density at radius 2 is 2.04 bits per heavy atom. The molecule has 2 aromatic heterocycles. The highest BCUT2D eigenvalue weighted by atomic mass is 16.5. The van der Waals surface area contributed by atoms with Crippen molar-refractivity contribution in [2.75, 3.05) is 0 Å². The van der Waals surface area contributed by atoms with Gasteiger partial charge in [-0.05, 0) is 50.1 Å². The number of carbonyl (C=O) groups is 1. The number of hydrogen-bond donors (Lipinski definition) is 1. The minimum Gasteiger partial charge on any atom is -0.479 e. The summed E-state index contributed by atoms with van der Waals surface area (Å²) < 4.78 is 16.6. The lowest BCUT2D eigenvalue weighted by molar-refractivity contribution is -0.144. The molecule has 0 saturated heterocycles. The molecule has 24 heavy (non-hydrogen) atoms. The van der Waals surface area contributed by atoms with Gasteiger partial charge in [-0.15, -0.1) is 0 Å². The number of aliphatic carboxylic acids is 1. The largest absolute Gasteiger partial charge is 0.479 e. The van der Waals surface area contributed by atoms with Crippen LogP contribution >= 0.6 is 0 Å². The fourth-order valence-electron chi connectivity index (χ4n) is 2.54. The Morgan fingerprint density at radius 3 is 2.67 bits per heavy atom. The van der Waals surface area contributed by atoms with Crippen molar-refractivity contribution in [3.8, 4) is 17.3 Å². The summed E-state index contributed by atoms with van der Waals surface area (Å²) in [5.41, 5.74) is 1.69. The molecule has 0 aliphatic carbocycles. The van der Waals surface area contributed by atoms with Crippen LogP contribution in [0.1, 0.15) is 18.1 Å². The fraction of sp³-hybridized carbons (Fsp3) is 0.222. The van der Waals surface area contributed by atoms with E-state index in [0.29, 0.717) is 16.7 Å². The Bertz CT molecular complexity index is 965. The molecule has 1 N–H and O–H groups in total. The van der Waals surface area contributed by atoms with E-state index in [1.165, 1.54) is 13.2 Å². The first kappa shape index (κ1) is 15.9. The molecular formula is C18H16O6. The van der Waals surface area contributed by atoms with Crippen molar-refractivity contribution in [1.29, 1.82) is 0 Å². The van der Waals surface area contributed by atoms with Gasteiger partial charge in [0.25, 0.3) is 0 Å². The molecule has 1 atom stereocenters. The normalized spacial score (nSPS) is 12.3. The molecular weight excluding hydrogens is 312 g/mol. The first-order chi connectivity index (χ1) is 11.4. The maximum Gasteiger partial charge on any atom is 0.344 e. The van der Waals surface area contributed by atoms with Crippen LogP contribution in [0.25, 0.3) is 22.5 Å². The summed E-state index contributed by atoms with van der Waals surface area (Å²) in [6, 6.07) is 6.85. The summed E-state index contributed by atoms with van der Waals surface area (Å²) in [7, 11) is 0. The van der Waals surface area contributed by atoms with Gasteiger partial charge >= 0.3 is 5.97 Å². The second-order valence-corrected chi connectivity index (χ2v) is 5.62. The molecule has 124 valence electrons. The molecule has 6 nitrogen and oxygen atoms in total. The molecule has 3 rings (SSSR count). The molecule has 1 aromatic carbocycles. The lowest BCUT2D eigenvalue weighted by Gasteiger charge is -2.14. The van der Waals surface area contributed by atoms with E-state index >= 15 is 0 Å². The number of benzene rings is 1. The number of carboxylic acids is 1. The van der Waals surface area contributed by atoms with E-state index < -0.39 is 17.5 Å². The first-order valence-corrected chi connectivity index (χ1v) is 7.40. The Kier molecular flexibility index (Phi) is 3.89. The van der Waals surface area contributed by atoms with Crippen LogP contribution in [0.2, 0.25) is 0 Å². The van der Waals surface area contributed by atoms with E-state index in [1.807, 2.05) is 19.9 Å². The lowest BCUT2D eigenvalue weighted by atomic mass is 10.1. The van der Waals surface area contributed by atoms with Gasteiger partial charge in [0.2, 0.25) is 16.9 Å². The van der Waals surface area contributed by atoms with E-state index in [9.17, 15) is 9.59 Å². The summed E-state index contributed by atoms with van der Waals surface area (Å²) in [6.45, 7) is 5.05. The summed E-state index contributed by atoms with van der Waals surface area (Å²) in [5.74, 6) is -0.975.